The van der Waals surface area contributed by atoms with Crippen molar-refractivity contribution in [2.75, 3.05) is 0 Å². The Hall–Kier alpha value is -1.75. The molecule has 2 nitrogen and oxygen atoms in total. The van der Waals surface area contributed by atoms with Crippen molar-refractivity contribution >= 4 is 23.1 Å². The molecule has 3 atom stereocenters. The number of halogens is 4. The summed E-state index contributed by atoms with van der Waals surface area (Å²) in [6.45, 7) is 5.68. The van der Waals surface area contributed by atoms with Crippen molar-refractivity contribution in [2.45, 2.75) is 58.2 Å². The molecule has 0 N–H and O–H groups in total. The van der Waals surface area contributed by atoms with Gasteiger partial charge in [-0.1, -0.05) is 50.3 Å². The highest BCUT2D eigenvalue weighted by molar-refractivity contribution is 6.21. The maximum Gasteiger partial charge on any atom is 0.404 e. The van der Waals surface area contributed by atoms with E-state index in [9.17, 15) is 18.0 Å². The molecule has 1 saturated carbocycles. The number of allylic oxidation sites excluding steroid dienone is 4. The van der Waals surface area contributed by atoms with Gasteiger partial charge in [-0.25, -0.2) is 0 Å². The van der Waals surface area contributed by atoms with Gasteiger partial charge < -0.3 is 4.74 Å². The Balaban J connectivity index is 1.64. The molecular weight excluding hydrogens is 401 g/mol. The lowest BCUT2D eigenvalue weighted by molar-refractivity contribution is -0.148. The molecule has 0 aromatic heterocycles. The van der Waals surface area contributed by atoms with E-state index in [4.69, 9.17) is 16.3 Å². The highest BCUT2D eigenvalue weighted by Crippen LogP contribution is 2.62. The third-order valence-electron chi connectivity index (χ3n) is 6.24. The van der Waals surface area contributed by atoms with Crippen LogP contribution in [0.5, 0.6) is 0 Å². The zero-order valence-electron chi connectivity index (χ0n) is 16.9. The largest absolute Gasteiger partial charge is 0.461 e. The molecule has 0 amide bonds. The van der Waals surface area contributed by atoms with Crippen LogP contribution in [0.1, 0.15) is 49.8 Å². The standard InChI is InChI=1S/C23H26ClF3O2/c1-14-16(10-7-11-17(14)15-8-5-4-6-9-15)13-29-21(28)20-18(22(20,2)3)12-19(24)23(25,26)27/h5,7-11,18-20H,4,6,12-13H2,1-3H3. The number of rotatable bonds is 6. The molecule has 0 aliphatic heterocycles. The molecule has 6 heteroatoms. The van der Waals surface area contributed by atoms with Gasteiger partial charge in [0.25, 0.3) is 0 Å². The van der Waals surface area contributed by atoms with Gasteiger partial charge in [-0.15, -0.1) is 11.6 Å². The van der Waals surface area contributed by atoms with Crippen molar-refractivity contribution in [1.29, 1.82) is 0 Å². The minimum atomic E-state index is -4.46. The van der Waals surface area contributed by atoms with Crippen LogP contribution in [-0.2, 0) is 16.1 Å². The second kappa shape index (κ2) is 8.17. The average Bonchev–Trinajstić information content (AvgIpc) is 3.20. The van der Waals surface area contributed by atoms with Gasteiger partial charge >= 0.3 is 12.1 Å². The normalized spacial score (nSPS) is 24.0. The third kappa shape index (κ3) is 4.71. The number of esters is 1. The Morgan fingerprint density at radius 2 is 2.03 bits per heavy atom. The summed E-state index contributed by atoms with van der Waals surface area (Å²) in [6, 6.07) is 5.88. The molecule has 29 heavy (non-hydrogen) atoms. The molecule has 3 rings (SSSR count). The van der Waals surface area contributed by atoms with E-state index in [1.54, 1.807) is 13.8 Å². The summed E-state index contributed by atoms with van der Waals surface area (Å²) in [7, 11) is 0. The van der Waals surface area contributed by atoms with E-state index in [2.05, 4.69) is 18.2 Å². The van der Waals surface area contributed by atoms with Crippen molar-refractivity contribution in [2.24, 2.45) is 17.3 Å². The monoisotopic (exact) mass is 426 g/mol. The summed E-state index contributed by atoms with van der Waals surface area (Å²) in [5, 5.41) is -1.94. The number of benzene rings is 1. The first kappa shape index (κ1) is 21.9. The summed E-state index contributed by atoms with van der Waals surface area (Å²) in [5.74, 6) is -1.43. The van der Waals surface area contributed by atoms with Gasteiger partial charge in [-0.2, -0.15) is 13.2 Å². The first-order valence-electron chi connectivity index (χ1n) is 9.86. The van der Waals surface area contributed by atoms with Crippen LogP contribution >= 0.6 is 11.6 Å². The summed E-state index contributed by atoms with van der Waals surface area (Å²) >= 11 is 5.49. The van der Waals surface area contributed by atoms with Crippen molar-refractivity contribution < 1.29 is 22.7 Å². The van der Waals surface area contributed by atoms with Crippen molar-refractivity contribution in [3.63, 3.8) is 0 Å². The summed E-state index contributed by atoms with van der Waals surface area (Å²) in [6.07, 6.45) is 3.74. The predicted octanol–water partition coefficient (Wildman–Crippen LogP) is 6.60. The number of alkyl halides is 4. The fraction of sp³-hybridized carbons (Fsp3) is 0.522. The maximum absolute atomic E-state index is 12.8. The van der Waals surface area contributed by atoms with E-state index in [-0.39, 0.29) is 13.0 Å². The van der Waals surface area contributed by atoms with Crippen molar-refractivity contribution in [3.8, 4) is 0 Å². The smallest absolute Gasteiger partial charge is 0.404 e. The van der Waals surface area contributed by atoms with Crippen LogP contribution in [0.3, 0.4) is 0 Å². The molecule has 1 aromatic carbocycles. The Morgan fingerprint density at radius 1 is 1.31 bits per heavy atom. The predicted molar refractivity (Wildman–Crippen MR) is 108 cm³/mol. The molecule has 158 valence electrons. The lowest BCUT2D eigenvalue weighted by atomic mass is 9.93. The zero-order valence-corrected chi connectivity index (χ0v) is 17.6. The Kier molecular flexibility index (Phi) is 6.19. The van der Waals surface area contributed by atoms with E-state index in [0.29, 0.717) is 0 Å². The number of carbonyl (C=O) groups is 1. The highest BCUT2D eigenvalue weighted by Gasteiger charge is 2.64. The molecule has 2 aliphatic carbocycles. The number of carbonyl (C=O) groups excluding carboxylic acids is 1. The molecule has 0 spiro atoms. The summed E-state index contributed by atoms with van der Waals surface area (Å²) in [5.41, 5.74) is 3.67. The Morgan fingerprint density at radius 3 is 2.66 bits per heavy atom. The van der Waals surface area contributed by atoms with Gasteiger partial charge in [0.2, 0.25) is 0 Å². The number of ether oxygens (including phenoxy) is 1. The third-order valence-corrected chi connectivity index (χ3v) is 6.67. The second-order valence-electron chi connectivity index (χ2n) is 8.49. The first-order valence-corrected chi connectivity index (χ1v) is 10.3. The zero-order chi connectivity index (χ0) is 21.4. The fourth-order valence-corrected chi connectivity index (χ4v) is 4.40. The summed E-state index contributed by atoms with van der Waals surface area (Å²) in [4.78, 5) is 12.6. The van der Waals surface area contributed by atoms with E-state index in [1.807, 2.05) is 25.1 Å². The van der Waals surface area contributed by atoms with Gasteiger partial charge in [-0.3, -0.25) is 4.79 Å². The fourth-order valence-electron chi connectivity index (χ4n) is 4.21. The highest BCUT2D eigenvalue weighted by atomic mass is 35.5. The summed E-state index contributed by atoms with van der Waals surface area (Å²) < 4.78 is 43.8. The van der Waals surface area contributed by atoms with Crippen LogP contribution in [0, 0.1) is 24.2 Å². The van der Waals surface area contributed by atoms with Gasteiger partial charge in [0.1, 0.15) is 12.0 Å². The van der Waals surface area contributed by atoms with Crippen LogP contribution in [0.15, 0.2) is 36.4 Å². The molecular formula is C23H26ClF3O2. The second-order valence-corrected chi connectivity index (χ2v) is 9.01. The average molecular weight is 427 g/mol. The van der Waals surface area contributed by atoms with Crippen molar-refractivity contribution in [3.05, 3.63) is 53.1 Å². The molecule has 0 heterocycles. The lowest BCUT2D eigenvalue weighted by Gasteiger charge is -2.15. The van der Waals surface area contributed by atoms with Crippen LogP contribution in [-0.4, -0.2) is 17.5 Å². The molecule has 1 fully saturated rings. The van der Waals surface area contributed by atoms with Crippen LogP contribution in [0.4, 0.5) is 13.2 Å². The topological polar surface area (TPSA) is 26.3 Å². The number of hydrogen-bond acceptors (Lipinski definition) is 2. The van der Waals surface area contributed by atoms with E-state index in [0.717, 1.165) is 35.1 Å². The minimum absolute atomic E-state index is 0.109. The number of hydrogen-bond donors (Lipinski definition) is 0. The van der Waals surface area contributed by atoms with Crippen LogP contribution < -0.4 is 0 Å². The van der Waals surface area contributed by atoms with Gasteiger partial charge in [0.15, 0.2) is 0 Å². The van der Waals surface area contributed by atoms with E-state index in [1.165, 1.54) is 0 Å². The van der Waals surface area contributed by atoms with E-state index < -0.39 is 34.8 Å². The quantitative estimate of drug-likeness (QED) is 0.378. The molecule has 1 aromatic rings. The van der Waals surface area contributed by atoms with Gasteiger partial charge in [0.05, 0.1) is 5.92 Å². The Bertz CT molecular complexity index is 839. The first-order chi connectivity index (χ1) is 13.5. The molecule has 0 bridgehead atoms. The molecule has 0 saturated heterocycles. The SMILES string of the molecule is Cc1c(COC(=O)C2C(CC(Cl)C(F)(F)F)C2(C)C)cccc1C1=CCCC=C1. The van der Waals surface area contributed by atoms with Crippen molar-refractivity contribution in [1.82, 2.24) is 0 Å². The molecule has 3 unspecified atom stereocenters. The van der Waals surface area contributed by atoms with Gasteiger partial charge in [0, 0.05) is 0 Å². The maximum atomic E-state index is 12.8. The molecule has 0 radical (unpaired) electrons. The Labute approximate surface area is 174 Å². The molecule has 2 aliphatic rings. The van der Waals surface area contributed by atoms with E-state index >= 15 is 0 Å². The van der Waals surface area contributed by atoms with Gasteiger partial charge in [-0.05, 0) is 59.8 Å². The lowest BCUT2D eigenvalue weighted by Crippen LogP contribution is -2.24. The van der Waals surface area contributed by atoms with Crippen LogP contribution in [0.25, 0.3) is 5.57 Å². The van der Waals surface area contributed by atoms with Crippen LogP contribution in [0.2, 0.25) is 0 Å². The minimum Gasteiger partial charge on any atom is -0.461 e.